The van der Waals surface area contributed by atoms with Crippen molar-refractivity contribution in [3.8, 4) is 0 Å². The molecule has 2 heterocycles. The summed E-state index contributed by atoms with van der Waals surface area (Å²) in [5, 5.41) is 0. The lowest BCUT2D eigenvalue weighted by Gasteiger charge is -2.48. The maximum Gasteiger partial charge on any atom is 0.252 e. The van der Waals surface area contributed by atoms with Gasteiger partial charge in [0.1, 0.15) is 0 Å². The first-order chi connectivity index (χ1) is 25.7. The molecule has 0 aromatic heterocycles. The van der Waals surface area contributed by atoms with Crippen LogP contribution < -0.4 is 26.2 Å². The molecule has 0 saturated carbocycles. The molecule has 2 aliphatic carbocycles. The zero-order valence-electron chi connectivity index (χ0n) is 35.9. The maximum absolute atomic E-state index is 2.68. The normalized spacial score (nSPS) is 19.5. The quantitative estimate of drug-likeness (QED) is 0.164. The number of fused-ring (bicyclic) bond motifs is 6. The van der Waals surface area contributed by atoms with E-state index >= 15 is 0 Å². The first kappa shape index (κ1) is 36.4. The van der Waals surface area contributed by atoms with Crippen LogP contribution >= 0.6 is 0 Å². The number of nitrogens with zero attached hydrogens (tertiary/aromatic N) is 2. The van der Waals surface area contributed by atoms with E-state index in [1.807, 2.05) is 0 Å². The molecule has 0 saturated heterocycles. The van der Waals surface area contributed by atoms with Crippen molar-refractivity contribution in [2.75, 3.05) is 9.80 Å². The monoisotopic (exact) mass is 724 g/mol. The van der Waals surface area contributed by atoms with Gasteiger partial charge in [-0.15, -0.1) is 0 Å². The summed E-state index contributed by atoms with van der Waals surface area (Å²) in [5.74, 6) is 0. The minimum absolute atomic E-state index is 0.0230. The zero-order valence-corrected chi connectivity index (χ0v) is 35.9. The number of hydrogen-bond donors (Lipinski definition) is 0. The third-order valence-electron chi connectivity index (χ3n) is 14.4. The van der Waals surface area contributed by atoms with Crippen molar-refractivity contribution < 1.29 is 0 Å². The first-order valence-corrected chi connectivity index (χ1v) is 21.0. The molecule has 0 bridgehead atoms. The Bertz CT molecular complexity index is 2400. The molecule has 2 aliphatic heterocycles. The molecule has 0 radical (unpaired) electrons. The molecule has 0 atom stereocenters. The van der Waals surface area contributed by atoms with Crippen LogP contribution in [0.2, 0.25) is 0 Å². The van der Waals surface area contributed by atoms with Crippen molar-refractivity contribution in [2.45, 2.75) is 143 Å². The van der Waals surface area contributed by atoms with Crippen molar-refractivity contribution >= 4 is 57.2 Å². The van der Waals surface area contributed by atoms with Crippen LogP contribution in [-0.2, 0) is 27.1 Å². The molecular weight excluding hydrogens is 663 g/mol. The lowest BCUT2D eigenvalue weighted by Crippen LogP contribution is -2.62. The van der Waals surface area contributed by atoms with E-state index in [0.717, 1.165) is 0 Å². The van der Waals surface area contributed by atoms with Crippen LogP contribution in [0.4, 0.5) is 34.1 Å². The molecular formula is C52H61BN2. The summed E-state index contributed by atoms with van der Waals surface area (Å²) in [6, 6.07) is 34.3. The number of aryl methyl sites for hydroxylation is 2. The van der Waals surface area contributed by atoms with Crippen LogP contribution in [0.25, 0.3) is 0 Å². The summed E-state index contributed by atoms with van der Waals surface area (Å²) < 4.78 is 0. The Kier molecular flexibility index (Phi) is 7.71. The minimum Gasteiger partial charge on any atom is -0.311 e. The Morgan fingerprint density at radius 1 is 0.455 bits per heavy atom. The van der Waals surface area contributed by atoms with Crippen LogP contribution in [0.1, 0.15) is 141 Å². The van der Waals surface area contributed by atoms with E-state index in [4.69, 9.17) is 0 Å². The number of rotatable bonds is 2. The van der Waals surface area contributed by atoms with Gasteiger partial charge in [0.25, 0.3) is 6.71 Å². The predicted octanol–water partition coefficient (Wildman–Crippen LogP) is 12.4. The summed E-state index contributed by atoms with van der Waals surface area (Å²) >= 11 is 0. The molecule has 4 aliphatic rings. The second kappa shape index (κ2) is 11.7. The molecule has 55 heavy (non-hydrogen) atoms. The Morgan fingerprint density at radius 2 is 0.945 bits per heavy atom. The summed E-state index contributed by atoms with van der Waals surface area (Å²) in [6.07, 6.45) is 4.81. The molecule has 9 rings (SSSR count). The highest BCUT2D eigenvalue weighted by molar-refractivity contribution is 7.00. The van der Waals surface area contributed by atoms with Gasteiger partial charge in [-0.05, 0) is 165 Å². The molecule has 0 N–H and O–H groups in total. The van der Waals surface area contributed by atoms with Gasteiger partial charge in [-0.1, -0.05) is 118 Å². The Labute approximate surface area is 332 Å². The third kappa shape index (κ3) is 5.49. The molecule has 5 aromatic rings. The minimum atomic E-state index is 0.0230. The number of anilines is 6. The van der Waals surface area contributed by atoms with Crippen molar-refractivity contribution in [1.82, 2.24) is 0 Å². The molecule has 0 spiro atoms. The average Bonchev–Trinajstić information content (AvgIpc) is 3.11. The summed E-state index contributed by atoms with van der Waals surface area (Å²) in [7, 11) is 0. The van der Waals surface area contributed by atoms with Crippen molar-refractivity contribution in [3.05, 3.63) is 124 Å². The Morgan fingerprint density at radius 3 is 1.53 bits per heavy atom. The average molecular weight is 725 g/mol. The summed E-state index contributed by atoms with van der Waals surface area (Å²) in [4.78, 5) is 5.25. The number of hydrogen-bond acceptors (Lipinski definition) is 2. The molecule has 2 nitrogen and oxygen atoms in total. The van der Waals surface area contributed by atoms with Gasteiger partial charge in [0.15, 0.2) is 0 Å². The third-order valence-corrected chi connectivity index (χ3v) is 14.4. The standard InChI is InChI=1S/C52H61BN2/c1-32-14-17-35(18-15-32)54-43-21-16-34(48(3,4)5)28-41(43)53-42-30-39-40(52(12,13)25-24-51(39,10)11)31-44(42)55(46-27-33(2)26-45(54)47(46)53)36-19-20-37-38(29-36)50(8,9)23-22-49(37,6)7/h14-21,26-31H,22-25H2,1-13H3. The molecule has 3 heteroatoms. The second-order valence-electron chi connectivity index (χ2n) is 21.4. The fraction of sp³-hybridized carbons (Fsp3) is 0.423. The SMILES string of the molecule is Cc1ccc(N2c3ccc(C(C)(C)C)cc3B3c4cc5c(cc4N(c4ccc6c(c4)C(C)(C)CCC6(C)C)c4cc(C)cc2c43)C(C)(C)CCC5(C)C)cc1. The highest BCUT2D eigenvalue weighted by Gasteiger charge is 2.47. The van der Waals surface area contributed by atoms with Crippen LogP contribution in [0.5, 0.6) is 0 Å². The van der Waals surface area contributed by atoms with Crippen LogP contribution in [0, 0.1) is 13.8 Å². The van der Waals surface area contributed by atoms with Gasteiger partial charge in [0.05, 0.1) is 0 Å². The van der Waals surface area contributed by atoms with Gasteiger partial charge in [-0.25, -0.2) is 0 Å². The summed E-state index contributed by atoms with van der Waals surface area (Å²) in [5.41, 5.74) is 22.5. The smallest absolute Gasteiger partial charge is 0.252 e. The van der Waals surface area contributed by atoms with Gasteiger partial charge in [0, 0.05) is 34.1 Å². The van der Waals surface area contributed by atoms with Gasteiger partial charge >= 0.3 is 0 Å². The Balaban J connectivity index is 1.41. The van der Waals surface area contributed by atoms with E-state index < -0.39 is 0 Å². The molecule has 0 unspecified atom stereocenters. The first-order valence-electron chi connectivity index (χ1n) is 21.0. The van der Waals surface area contributed by atoms with E-state index in [-0.39, 0.29) is 33.8 Å². The lowest BCUT2D eigenvalue weighted by atomic mass is 9.33. The van der Waals surface area contributed by atoms with Crippen LogP contribution in [-0.4, -0.2) is 6.71 Å². The molecule has 0 fully saturated rings. The molecule has 0 amide bonds. The van der Waals surface area contributed by atoms with Crippen molar-refractivity contribution in [2.24, 2.45) is 0 Å². The van der Waals surface area contributed by atoms with Crippen molar-refractivity contribution in [1.29, 1.82) is 0 Å². The lowest BCUT2D eigenvalue weighted by molar-refractivity contribution is 0.332. The zero-order chi connectivity index (χ0) is 39.2. The highest BCUT2D eigenvalue weighted by Crippen LogP contribution is 2.52. The van der Waals surface area contributed by atoms with Crippen LogP contribution in [0.15, 0.2) is 84.9 Å². The van der Waals surface area contributed by atoms with Gasteiger partial charge < -0.3 is 9.80 Å². The fourth-order valence-electron chi connectivity index (χ4n) is 10.6. The predicted molar refractivity (Wildman–Crippen MR) is 239 cm³/mol. The molecule has 5 aromatic carbocycles. The second-order valence-corrected chi connectivity index (χ2v) is 21.4. The van der Waals surface area contributed by atoms with Gasteiger partial charge in [0.2, 0.25) is 0 Å². The van der Waals surface area contributed by atoms with E-state index in [2.05, 4.69) is 185 Å². The largest absolute Gasteiger partial charge is 0.311 e. The Hall–Kier alpha value is -4.24. The fourth-order valence-corrected chi connectivity index (χ4v) is 10.6. The van der Waals surface area contributed by atoms with Gasteiger partial charge in [-0.2, -0.15) is 0 Å². The van der Waals surface area contributed by atoms with Crippen molar-refractivity contribution in [3.63, 3.8) is 0 Å². The van der Waals surface area contributed by atoms with E-state index in [9.17, 15) is 0 Å². The van der Waals surface area contributed by atoms with E-state index in [1.54, 1.807) is 0 Å². The summed E-state index contributed by atoms with van der Waals surface area (Å²) in [6.45, 7) is 31.4. The highest BCUT2D eigenvalue weighted by atomic mass is 15.2. The van der Waals surface area contributed by atoms with Gasteiger partial charge in [-0.3, -0.25) is 0 Å². The molecule has 282 valence electrons. The van der Waals surface area contributed by atoms with E-state index in [1.165, 1.54) is 115 Å². The maximum atomic E-state index is 2.68. The number of benzene rings is 5. The van der Waals surface area contributed by atoms with Crippen LogP contribution in [0.3, 0.4) is 0 Å². The topological polar surface area (TPSA) is 6.48 Å². The van der Waals surface area contributed by atoms with E-state index in [0.29, 0.717) is 0 Å².